The number of hydrogen-bond acceptors (Lipinski definition) is 5. The molecule has 3 rings (SSSR count). The summed E-state index contributed by atoms with van der Waals surface area (Å²) in [6.45, 7) is 0. The maximum Gasteiger partial charge on any atom is 0.226 e. The van der Waals surface area contributed by atoms with Gasteiger partial charge in [0, 0.05) is 22.2 Å². The van der Waals surface area contributed by atoms with E-state index in [9.17, 15) is 4.79 Å². The van der Waals surface area contributed by atoms with Crippen LogP contribution in [0.2, 0.25) is 10.0 Å². The number of carbonyl (C=O) groups is 1. The van der Waals surface area contributed by atoms with Crippen LogP contribution in [0.4, 0.5) is 5.13 Å². The molecule has 0 radical (unpaired) electrons. The highest BCUT2D eigenvalue weighted by Gasteiger charge is 2.11. The largest absolute Gasteiger partial charge is 0.300 e. The van der Waals surface area contributed by atoms with Crippen molar-refractivity contribution in [1.29, 1.82) is 0 Å². The van der Waals surface area contributed by atoms with Crippen LogP contribution in [-0.4, -0.2) is 16.1 Å². The Balaban J connectivity index is 1.50. The molecule has 2 aromatic carbocycles. The highest BCUT2D eigenvalue weighted by Crippen LogP contribution is 2.29. The molecule has 0 aliphatic heterocycles. The minimum atomic E-state index is -0.142. The number of rotatable bonds is 7. The number of halogens is 2. The van der Waals surface area contributed by atoms with Gasteiger partial charge in [0.05, 0.1) is 0 Å². The van der Waals surface area contributed by atoms with Crippen LogP contribution in [0.5, 0.6) is 0 Å². The second-order valence-electron chi connectivity index (χ2n) is 5.40. The van der Waals surface area contributed by atoms with Gasteiger partial charge in [-0.2, -0.15) is 0 Å². The molecule has 0 unspecified atom stereocenters. The molecule has 134 valence electrons. The number of carbonyl (C=O) groups excluding carboxylic acids is 1. The molecule has 0 spiro atoms. The normalized spacial score (nSPS) is 10.7. The molecule has 0 atom stereocenters. The van der Waals surface area contributed by atoms with Crippen molar-refractivity contribution in [3.63, 3.8) is 0 Å². The Bertz CT molecular complexity index is 867. The smallest absolute Gasteiger partial charge is 0.226 e. The summed E-state index contributed by atoms with van der Waals surface area (Å²) in [6.07, 6.45) is 0.744. The van der Waals surface area contributed by atoms with E-state index in [0.717, 1.165) is 15.7 Å². The summed E-state index contributed by atoms with van der Waals surface area (Å²) in [5.74, 6) is 0.672. The number of anilines is 1. The SMILES string of the molecule is O=C(CCc1c(Cl)cccc1Cl)Nc1nnc(SCc2ccccc2)s1. The molecule has 26 heavy (non-hydrogen) atoms. The van der Waals surface area contributed by atoms with Crippen LogP contribution >= 0.6 is 46.3 Å². The number of amides is 1. The van der Waals surface area contributed by atoms with Gasteiger partial charge in [-0.05, 0) is 29.7 Å². The van der Waals surface area contributed by atoms with Crippen molar-refractivity contribution in [1.82, 2.24) is 10.2 Å². The molecular formula is C18H15Cl2N3OS2. The van der Waals surface area contributed by atoms with E-state index in [1.54, 1.807) is 30.0 Å². The van der Waals surface area contributed by atoms with Crippen LogP contribution in [0.1, 0.15) is 17.5 Å². The predicted octanol–water partition coefficient (Wildman–Crippen LogP) is 5.71. The summed E-state index contributed by atoms with van der Waals surface area (Å²) < 4.78 is 0.818. The van der Waals surface area contributed by atoms with Gasteiger partial charge in [0.1, 0.15) is 0 Å². The maximum atomic E-state index is 12.1. The first kappa shape index (κ1) is 19.2. The average molecular weight is 424 g/mol. The molecule has 1 N–H and O–H groups in total. The van der Waals surface area contributed by atoms with Gasteiger partial charge < -0.3 is 5.32 Å². The minimum absolute atomic E-state index is 0.142. The summed E-state index contributed by atoms with van der Waals surface area (Å²) >= 11 is 15.2. The Morgan fingerprint density at radius 2 is 1.77 bits per heavy atom. The van der Waals surface area contributed by atoms with E-state index in [0.29, 0.717) is 21.6 Å². The van der Waals surface area contributed by atoms with E-state index in [2.05, 4.69) is 27.6 Å². The van der Waals surface area contributed by atoms with Crippen molar-refractivity contribution >= 4 is 57.3 Å². The molecular weight excluding hydrogens is 409 g/mol. The Hall–Kier alpha value is -1.60. The number of benzene rings is 2. The molecule has 1 amide bonds. The third-order valence-corrected chi connectivity index (χ3v) is 6.27. The highest BCUT2D eigenvalue weighted by atomic mass is 35.5. The molecule has 4 nitrogen and oxygen atoms in total. The van der Waals surface area contributed by atoms with E-state index in [1.165, 1.54) is 16.9 Å². The molecule has 0 aliphatic carbocycles. The summed E-state index contributed by atoms with van der Waals surface area (Å²) in [6, 6.07) is 15.4. The van der Waals surface area contributed by atoms with Crippen LogP contribution in [0.25, 0.3) is 0 Å². The zero-order valence-electron chi connectivity index (χ0n) is 13.6. The fourth-order valence-corrected chi connectivity index (χ4v) is 4.54. The van der Waals surface area contributed by atoms with Gasteiger partial charge in [0.15, 0.2) is 4.34 Å². The Morgan fingerprint density at radius 3 is 2.50 bits per heavy atom. The topological polar surface area (TPSA) is 54.9 Å². The zero-order valence-corrected chi connectivity index (χ0v) is 16.8. The Kier molecular flexibility index (Phi) is 6.91. The van der Waals surface area contributed by atoms with Crippen LogP contribution in [0.3, 0.4) is 0 Å². The third kappa shape index (κ3) is 5.45. The summed E-state index contributed by atoms with van der Waals surface area (Å²) in [5.41, 5.74) is 2.00. The van der Waals surface area contributed by atoms with E-state index in [-0.39, 0.29) is 12.3 Å². The predicted molar refractivity (Wildman–Crippen MR) is 109 cm³/mol. The molecule has 0 saturated heterocycles. The molecule has 1 aromatic heterocycles. The summed E-state index contributed by atoms with van der Waals surface area (Å²) in [4.78, 5) is 12.1. The summed E-state index contributed by atoms with van der Waals surface area (Å²) in [5, 5.41) is 12.5. The minimum Gasteiger partial charge on any atom is -0.300 e. The van der Waals surface area contributed by atoms with E-state index >= 15 is 0 Å². The molecule has 0 fully saturated rings. The highest BCUT2D eigenvalue weighted by molar-refractivity contribution is 8.00. The van der Waals surface area contributed by atoms with Gasteiger partial charge in [-0.25, -0.2) is 0 Å². The van der Waals surface area contributed by atoms with Gasteiger partial charge >= 0.3 is 0 Å². The lowest BCUT2D eigenvalue weighted by molar-refractivity contribution is -0.116. The lowest BCUT2D eigenvalue weighted by Crippen LogP contribution is -2.12. The molecule has 1 heterocycles. The number of nitrogens with one attached hydrogen (secondary N) is 1. The lowest BCUT2D eigenvalue weighted by Gasteiger charge is -2.06. The number of nitrogens with zero attached hydrogens (tertiary/aromatic N) is 2. The standard InChI is InChI=1S/C18H15Cl2N3OS2/c19-14-7-4-8-15(20)13(14)9-10-16(24)21-17-22-23-18(26-17)25-11-12-5-2-1-3-6-12/h1-8H,9-11H2,(H,21,22,24). The lowest BCUT2D eigenvalue weighted by atomic mass is 10.1. The Labute approximate surface area is 169 Å². The van der Waals surface area contributed by atoms with Crippen molar-refractivity contribution < 1.29 is 4.79 Å². The number of thioether (sulfide) groups is 1. The molecule has 8 heteroatoms. The van der Waals surface area contributed by atoms with Crippen molar-refractivity contribution in [2.45, 2.75) is 22.9 Å². The fraction of sp³-hybridized carbons (Fsp3) is 0.167. The van der Waals surface area contributed by atoms with Gasteiger partial charge in [-0.15, -0.1) is 10.2 Å². The fourth-order valence-electron chi connectivity index (χ4n) is 2.23. The van der Waals surface area contributed by atoms with E-state index < -0.39 is 0 Å². The van der Waals surface area contributed by atoms with Crippen LogP contribution in [0, 0.1) is 0 Å². The monoisotopic (exact) mass is 423 g/mol. The van der Waals surface area contributed by atoms with Crippen molar-refractivity contribution in [2.75, 3.05) is 5.32 Å². The van der Waals surface area contributed by atoms with Crippen molar-refractivity contribution in [3.05, 3.63) is 69.7 Å². The number of aromatic nitrogens is 2. The molecule has 0 aliphatic rings. The quantitative estimate of drug-likeness (QED) is 0.390. The van der Waals surface area contributed by atoms with Gasteiger partial charge in [-0.1, -0.05) is 82.7 Å². The second kappa shape index (κ2) is 9.37. The Morgan fingerprint density at radius 1 is 1.04 bits per heavy atom. The van der Waals surface area contributed by atoms with Gasteiger partial charge in [-0.3, -0.25) is 4.79 Å². The van der Waals surface area contributed by atoms with E-state index in [1.807, 2.05) is 18.2 Å². The van der Waals surface area contributed by atoms with Gasteiger partial charge in [0.2, 0.25) is 11.0 Å². The van der Waals surface area contributed by atoms with Crippen LogP contribution < -0.4 is 5.32 Å². The first-order valence-electron chi connectivity index (χ1n) is 7.85. The third-order valence-electron chi connectivity index (χ3n) is 3.52. The van der Waals surface area contributed by atoms with Gasteiger partial charge in [0.25, 0.3) is 0 Å². The summed E-state index contributed by atoms with van der Waals surface area (Å²) in [7, 11) is 0. The van der Waals surface area contributed by atoms with E-state index in [4.69, 9.17) is 23.2 Å². The van der Waals surface area contributed by atoms with Crippen molar-refractivity contribution in [2.24, 2.45) is 0 Å². The number of hydrogen-bond donors (Lipinski definition) is 1. The zero-order chi connectivity index (χ0) is 18.4. The maximum absolute atomic E-state index is 12.1. The van der Waals surface area contributed by atoms with Crippen LogP contribution in [0.15, 0.2) is 52.9 Å². The van der Waals surface area contributed by atoms with Crippen molar-refractivity contribution in [3.8, 4) is 0 Å². The second-order valence-corrected chi connectivity index (χ2v) is 8.41. The molecule has 3 aromatic rings. The molecule has 0 saturated carbocycles. The first-order chi connectivity index (χ1) is 12.6. The molecule has 0 bridgehead atoms. The first-order valence-corrected chi connectivity index (χ1v) is 10.4. The average Bonchev–Trinajstić information content (AvgIpc) is 3.08. The van der Waals surface area contributed by atoms with Crippen LogP contribution in [-0.2, 0) is 17.0 Å².